The van der Waals surface area contributed by atoms with E-state index in [9.17, 15) is 24.9 Å². The van der Waals surface area contributed by atoms with Crippen molar-refractivity contribution in [1.82, 2.24) is 5.32 Å². The summed E-state index contributed by atoms with van der Waals surface area (Å²) >= 11 is 0. The van der Waals surface area contributed by atoms with Gasteiger partial charge in [-0.05, 0) is 6.42 Å². The third-order valence-corrected chi connectivity index (χ3v) is 4.08. The molecule has 12 heteroatoms. The van der Waals surface area contributed by atoms with Gasteiger partial charge in [0.2, 0.25) is 5.91 Å². The van der Waals surface area contributed by atoms with Crippen LogP contribution < -0.4 is 11.1 Å². The highest BCUT2D eigenvalue weighted by molar-refractivity contribution is 5.77. The third kappa shape index (κ3) is 10.7. The first-order valence-corrected chi connectivity index (χ1v) is 9.49. The Bertz CT molecular complexity index is 481. The van der Waals surface area contributed by atoms with E-state index in [0.29, 0.717) is 19.6 Å². The molecule has 5 unspecified atom stereocenters. The lowest BCUT2D eigenvalue weighted by molar-refractivity contribution is -0.254. The molecule has 1 rings (SSSR count). The maximum Gasteiger partial charge on any atom is 0.404 e. The van der Waals surface area contributed by atoms with Crippen molar-refractivity contribution in [2.75, 3.05) is 46.2 Å². The molecule has 170 valence electrons. The Morgan fingerprint density at radius 1 is 1.28 bits per heavy atom. The van der Waals surface area contributed by atoms with Crippen molar-refractivity contribution in [3.05, 3.63) is 0 Å². The summed E-state index contributed by atoms with van der Waals surface area (Å²) in [5.74, 6) is -0.418. The summed E-state index contributed by atoms with van der Waals surface area (Å²) in [6.45, 7) is 2.49. The number of hydrogen-bond donors (Lipinski definition) is 5. The summed E-state index contributed by atoms with van der Waals surface area (Å²) in [7, 11) is 0. The molecule has 29 heavy (non-hydrogen) atoms. The molecule has 1 saturated heterocycles. The first-order valence-electron chi connectivity index (χ1n) is 9.49. The fraction of sp³-hybridized carbons (Fsp3) is 0.882. The smallest absolute Gasteiger partial charge is 0.404 e. The number of amides is 2. The zero-order valence-corrected chi connectivity index (χ0v) is 16.5. The highest BCUT2D eigenvalue weighted by Gasteiger charge is 2.40. The predicted octanol–water partition coefficient (Wildman–Crippen LogP) is -2.14. The van der Waals surface area contributed by atoms with Crippen LogP contribution in [0.2, 0.25) is 0 Å². The maximum atomic E-state index is 11.8. The molecule has 0 aromatic heterocycles. The number of hydrogen-bond acceptors (Lipinski definition) is 10. The second kappa shape index (κ2) is 14.4. The van der Waals surface area contributed by atoms with Crippen molar-refractivity contribution >= 4 is 12.0 Å². The van der Waals surface area contributed by atoms with Crippen LogP contribution in [0.3, 0.4) is 0 Å². The highest BCUT2D eigenvalue weighted by Crippen LogP contribution is 2.23. The van der Waals surface area contributed by atoms with Crippen LogP contribution >= 0.6 is 0 Å². The Kier molecular flexibility index (Phi) is 12.7. The Morgan fingerprint density at radius 2 is 2.00 bits per heavy atom. The van der Waals surface area contributed by atoms with Crippen LogP contribution in [-0.4, -0.2) is 104 Å². The van der Waals surface area contributed by atoms with Gasteiger partial charge in [-0.2, -0.15) is 0 Å². The summed E-state index contributed by atoms with van der Waals surface area (Å²) in [5, 5.41) is 31.1. The summed E-state index contributed by atoms with van der Waals surface area (Å²) < 4.78 is 25.9. The van der Waals surface area contributed by atoms with Gasteiger partial charge >= 0.3 is 6.09 Å². The lowest BCUT2D eigenvalue weighted by atomic mass is 10.0. The normalized spacial score (nSPS) is 25.4. The first-order chi connectivity index (χ1) is 13.9. The van der Waals surface area contributed by atoms with Gasteiger partial charge in [0, 0.05) is 13.0 Å². The van der Waals surface area contributed by atoms with E-state index in [4.69, 9.17) is 29.4 Å². The molecule has 0 aliphatic carbocycles. The van der Waals surface area contributed by atoms with Gasteiger partial charge in [0.1, 0.15) is 24.9 Å². The average Bonchev–Trinajstić information content (AvgIpc) is 2.69. The number of carbonyl (C=O) groups is 2. The molecular weight excluding hydrogens is 392 g/mol. The number of ether oxygens (including phenoxy) is 5. The van der Waals surface area contributed by atoms with Crippen molar-refractivity contribution in [2.45, 2.75) is 50.5 Å². The van der Waals surface area contributed by atoms with Crippen LogP contribution in [-0.2, 0) is 28.5 Å². The number of aliphatic hydroxyl groups excluding tert-OH is 3. The average molecular weight is 424 g/mol. The summed E-state index contributed by atoms with van der Waals surface area (Å²) in [6, 6.07) is 0. The SMILES string of the molecule is CCC(O)COCCOCCNC(=O)COC1CC(OC(N)=O)C(O)C(CO)O1. The molecule has 0 saturated carbocycles. The zero-order chi connectivity index (χ0) is 21.6. The second-order valence-corrected chi connectivity index (χ2v) is 6.40. The van der Waals surface area contributed by atoms with E-state index in [1.807, 2.05) is 6.92 Å². The lowest BCUT2D eigenvalue weighted by Gasteiger charge is -2.37. The van der Waals surface area contributed by atoms with Crippen LogP contribution in [0.1, 0.15) is 19.8 Å². The lowest BCUT2D eigenvalue weighted by Crippen LogP contribution is -2.52. The molecule has 0 spiro atoms. The van der Waals surface area contributed by atoms with Crippen molar-refractivity contribution in [2.24, 2.45) is 5.73 Å². The van der Waals surface area contributed by atoms with Gasteiger partial charge in [0.05, 0.1) is 39.1 Å². The fourth-order valence-electron chi connectivity index (χ4n) is 2.46. The van der Waals surface area contributed by atoms with Crippen LogP contribution in [0.4, 0.5) is 4.79 Å². The first kappa shape index (κ1) is 25.5. The molecule has 0 aromatic carbocycles. The third-order valence-electron chi connectivity index (χ3n) is 4.08. The Hall–Kier alpha value is -1.54. The van der Waals surface area contributed by atoms with Gasteiger partial charge in [0.25, 0.3) is 0 Å². The van der Waals surface area contributed by atoms with E-state index < -0.39 is 49.3 Å². The number of nitrogens with two attached hydrogens (primary N) is 1. The van der Waals surface area contributed by atoms with Crippen LogP contribution in [0, 0.1) is 0 Å². The monoisotopic (exact) mass is 424 g/mol. The van der Waals surface area contributed by atoms with Crippen molar-refractivity contribution in [3.63, 3.8) is 0 Å². The molecule has 12 nitrogen and oxygen atoms in total. The van der Waals surface area contributed by atoms with Gasteiger partial charge in [-0.25, -0.2) is 4.79 Å². The standard InChI is InChI=1S/C17H32N2O10/c1-2-11(21)9-26-6-5-25-4-3-19-14(22)10-27-15-7-12(29-17(18)24)16(23)13(8-20)28-15/h11-13,15-16,20-21,23H,2-10H2,1H3,(H2,18,24)(H,19,22). The van der Waals surface area contributed by atoms with E-state index >= 15 is 0 Å². The van der Waals surface area contributed by atoms with Crippen LogP contribution in [0.25, 0.3) is 0 Å². The van der Waals surface area contributed by atoms with E-state index in [1.165, 1.54) is 0 Å². The summed E-state index contributed by atoms with van der Waals surface area (Å²) in [6.07, 6.45) is -5.22. The van der Waals surface area contributed by atoms with Gasteiger partial charge < -0.3 is 50.1 Å². The molecule has 0 radical (unpaired) electrons. The second-order valence-electron chi connectivity index (χ2n) is 6.40. The molecule has 2 amide bonds. The summed E-state index contributed by atoms with van der Waals surface area (Å²) in [4.78, 5) is 22.7. The van der Waals surface area contributed by atoms with E-state index in [1.54, 1.807) is 0 Å². The zero-order valence-electron chi connectivity index (χ0n) is 16.5. The molecule has 0 aromatic rings. The van der Waals surface area contributed by atoms with Crippen LogP contribution in [0.15, 0.2) is 0 Å². The van der Waals surface area contributed by atoms with Gasteiger partial charge in [-0.15, -0.1) is 0 Å². The topological polar surface area (TPSA) is 179 Å². The quantitative estimate of drug-likeness (QED) is 0.193. The minimum absolute atomic E-state index is 0.0380. The highest BCUT2D eigenvalue weighted by atomic mass is 16.7. The van der Waals surface area contributed by atoms with Gasteiger partial charge in [0.15, 0.2) is 6.29 Å². The van der Waals surface area contributed by atoms with Crippen molar-refractivity contribution < 1.29 is 48.6 Å². The molecule has 5 atom stereocenters. The number of rotatable bonds is 14. The number of primary amides is 1. The fourth-order valence-corrected chi connectivity index (χ4v) is 2.46. The largest absolute Gasteiger partial charge is 0.443 e. The Labute approximate surface area is 169 Å². The number of nitrogens with one attached hydrogen (secondary N) is 1. The number of aliphatic hydroxyl groups is 3. The number of carbonyl (C=O) groups excluding carboxylic acids is 2. The van der Waals surface area contributed by atoms with E-state index in [0.717, 1.165) is 0 Å². The van der Waals surface area contributed by atoms with Crippen molar-refractivity contribution in [1.29, 1.82) is 0 Å². The van der Waals surface area contributed by atoms with E-state index in [2.05, 4.69) is 5.32 Å². The van der Waals surface area contributed by atoms with Crippen LogP contribution in [0.5, 0.6) is 0 Å². The molecule has 6 N–H and O–H groups in total. The predicted molar refractivity (Wildman–Crippen MR) is 97.7 cm³/mol. The minimum Gasteiger partial charge on any atom is -0.443 e. The Balaban J connectivity index is 2.16. The van der Waals surface area contributed by atoms with Gasteiger partial charge in [-0.1, -0.05) is 6.92 Å². The molecule has 1 aliphatic heterocycles. The minimum atomic E-state index is -1.26. The molecular formula is C17H32N2O10. The molecule has 0 bridgehead atoms. The molecule has 1 aliphatic rings. The molecule has 1 fully saturated rings. The Morgan fingerprint density at radius 3 is 2.66 bits per heavy atom. The van der Waals surface area contributed by atoms with Crippen molar-refractivity contribution in [3.8, 4) is 0 Å². The molecule has 1 heterocycles. The van der Waals surface area contributed by atoms with Gasteiger partial charge in [-0.3, -0.25) is 4.79 Å². The summed E-state index contributed by atoms with van der Waals surface area (Å²) in [5.41, 5.74) is 4.95. The maximum absolute atomic E-state index is 11.8. The van der Waals surface area contributed by atoms with E-state index in [-0.39, 0.29) is 32.8 Å².